The number of carbonyl (C=O) groups excluding carboxylic acids is 1. The third-order valence-electron chi connectivity index (χ3n) is 4.63. The summed E-state index contributed by atoms with van der Waals surface area (Å²) >= 11 is 1.34. The highest BCUT2D eigenvalue weighted by atomic mass is 32.2. The first kappa shape index (κ1) is 21.6. The third kappa shape index (κ3) is 5.18. The lowest BCUT2D eigenvalue weighted by molar-refractivity contribution is -0.113. The van der Waals surface area contributed by atoms with Crippen molar-refractivity contribution in [2.24, 2.45) is 0 Å². The first-order chi connectivity index (χ1) is 15.8. The normalized spacial score (nSPS) is 10.7. The zero-order chi connectivity index (χ0) is 22.2. The van der Waals surface area contributed by atoms with Gasteiger partial charge in [0, 0.05) is 11.3 Å². The molecule has 4 aromatic rings. The van der Waals surface area contributed by atoms with Crippen molar-refractivity contribution in [3.05, 3.63) is 84.9 Å². The highest BCUT2D eigenvalue weighted by Crippen LogP contribution is 2.29. The third-order valence-corrected chi connectivity index (χ3v) is 5.56. The van der Waals surface area contributed by atoms with Gasteiger partial charge in [0.05, 0.1) is 18.0 Å². The first-order valence-electron chi connectivity index (χ1n) is 10.5. The number of nitrogens with one attached hydrogen (secondary N) is 1. The molecule has 0 saturated heterocycles. The molecular formula is C25H24N4O2S. The van der Waals surface area contributed by atoms with Crippen LogP contribution in [0.4, 0.5) is 5.69 Å². The average Bonchev–Trinajstić information content (AvgIpc) is 3.27. The fraction of sp³-hybridized carbons (Fsp3) is 0.160. The molecule has 0 bridgehead atoms. The van der Waals surface area contributed by atoms with E-state index in [1.165, 1.54) is 11.8 Å². The molecule has 0 atom stereocenters. The fourth-order valence-corrected chi connectivity index (χ4v) is 3.92. The maximum absolute atomic E-state index is 12.7. The molecule has 0 aliphatic carbocycles. The summed E-state index contributed by atoms with van der Waals surface area (Å²) in [4.78, 5) is 12.7. The monoisotopic (exact) mass is 444 g/mol. The van der Waals surface area contributed by atoms with E-state index >= 15 is 0 Å². The molecule has 0 unspecified atom stereocenters. The second-order valence-electron chi connectivity index (χ2n) is 7.02. The van der Waals surface area contributed by atoms with Gasteiger partial charge in [0.2, 0.25) is 5.91 Å². The van der Waals surface area contributed by atoms with Crippen molar-refractivity contribution >= 4 is 23.4 Å². The van der Waals surface area contributed by atoms with Gasteiger partial charge in [0.25, 0.3) is 0 Å². The Balaban J connectivity index is 1.53. The van der Waals surface area contributed by atoms with Gasteiger partial charge in [-0.25, -0.2) is 0 Å². The van der Waals surface area contributed by atoms with Crippen molar-refractivity contribution < 1.29 is 9.53 Å². The molecule has 3 aromatic carbocycles. The Hall–Kier alpha value is -3.58. The summed E-state index contributed by atoms with van der Waals surface area (Å²) in [6.45, 7) is 2.65. The second-order valence-corrected chi connectivity index (χ2v) is 7.97. The molecule has 6 nitrogen and oxygen atoms in total. The summed E-state index contributed by atoms with van der Waals surface area (Å²) in [6.07, 6.45) is 0.900. The minimum absolute atomic E-state index is 0.133. The van der Waals surface area contributed by atoms with Crippen LogP contribution < -0.4 is 10.1 Å². The molecule has 0 aliphatic heterocycles. The molecule has 7 heteroatoms. The zero-order valence-corrected chi connectivity index (χ0v) is 18.6. The van der Waals surface area contributed by atoms with Crippen molar-refractivity contribution in [3.8, 4) is 22.8 Å². The lowest BCUT2D eigenvalue weighted by Gasteiger charge is -2.12. The number of nitrogens with zero attached hydrogens (tertiary/aromatic N) is 3. The van der Waals surface area contributed by atoms with E-state index in [9.17, 15) is 4.79 Å². The van der Waals surface area contributed by atoms with Gasteiger partial charge in [-0.1, -0.05) is 79.3 Å². The topological polar surface area (TPSA) is 69.0 Å². The van der Waals surface area contributed by atoms with Gasteiger partial charge >= 0.3 is 0 Å². The van der Waals surface area contributed by atoms with Crippen LogP contribution in [0.2, 0.25) is 0 Å². The molecule has 1 N–H and O–H groups in total. The number of carbonyl (C=O) groups is 1. The minimum atomic E-state index is -0.133. The number of ether oxygens (including phenoxy) is 1. The number of amides is 1. The predicted octanol–water partition coefficient (Wildman–Crippen LogP) is 5.45. The quantitative estimate of drug-likeness (QED) is 0.348. The fourth-order valence-electron chi connectivity index (χ4n) is 3.17. The van der Waals surface area contributed by atoms with Crippen LogP contribution in [0.3, 0.4) is 0 Å². The summed E-state index contributed by atoms with van der Waals surface area (Å²) in [5.74, 6) is 1.47. The van der Waals surface area contributed by atoms with Crippen molar-refractivity contribution in [1.29, 1.82) is 0 Å². The van der Waals surface area contributed by atoms with E-state index in [4.69, 9.17) is 4.74 Å². The maximum Gasteiger partial charge on any atom is 0.234 e. The Kier molecular flexibility index (Phi) is 7.19. The summed E-state index contributed by atoms with van der Waals surface area (Å²) in [5, 5.41) is 12.4. The van der Waals surface area contributed by atoms with Crippen LogP contribution >= 0.6 is 11.8 Å². The summed E-state index contributed by atoms with van der Waals surface area (Å²) < 4.78 is 7.71. The van der Waals surface area contributed by atoms with Gasteiger partial charge in [-0.15, -0.1) is 10.2 Å². The summed E-state index contributed by atoms with van der Waals surface area (Å²) in [5.41, 5.74) is 2.57. The van der Waals surface area contributed by atoms with Crippen LogP contribution in [0.25, 0.3) is 17.1 Å². The van der Waals surface area contributed by atoms with Gasteiger partial charge in [0.1, 0.15) is 5.75 Å². The van der Waals surface area contributed by atoms with Gasteiger partial charge in [-0.3, -0.25) is 9.36 Å². The van der Waals surface area contributed by atoms with Crippen LogP contribution in [0, 0.1) is 0 Å². The molecule has 1 amide bonds. The molecule has 1 aromatic heterocycles. The van der Waals surface area contributed by atoms with E-state index in [0.29, 0.717) is 23.2 Å². The SMILES string of the molecule is CCCOc1ccccc1NC(=O)CSc1nnc(-c2ccccc2)n1-c1ccccc1. The summed E-state index contributed by atoms with van der Waals surface area (Å²) in [7, 11) is 0. The molecule has 0 aliphatic rings. The molecule has 162 valence electrons. The molecule has 0 radical (unpaired) electrons. The number of rotatable bonds is 9. The number of benzene rings is 3. The number of para-hydroxylation sites is 3. The highest BCUT2D eigenvalue weighted by Gasteiger charge is 2.17. The molecular weight excluding hydrogens is 420 g/mol. The molecule has 0 spiro atoms. The van der Waals surface area contributed by atoms with Crippen LogP contribution in [0.15, 0.2) is 90.1 Å². The van der Waals surface area contributed by atoms with E-state index in [1.807, 2.05) is 96.4 Å². The first-order valence-corrected chi connectivity index (χ1v) is 11.5. The number of anilines is 1. The highest BCUT2D eigenvalue weighted by molar-refractivity contribution is 7.99. The van der Waals surface area contributed by atoms with Crippen LogP contribution in [-0.4, -0.2) is 33.0 Å². The van der Waals surface area contributed by atoms with Gasteiger partial charge < -0.3 is 10.1 Å². The Morgan fingerprint density at radius 2 is 1.62 bits per heavy atom. The predicted molar refractivity (Wildman–Crippen MR) is 128 cm³/mol. The van der Waals surface area contributed by atoms with E-state index in [2.05, 4.69) is 15.5 Å². The second kappa shape index (κ2) is 10.6. The lowest BCUT2D eigenvalue weighted by Crippen LogP contribution is -2.15. The van der Waals surface area contributed by atoms with Crippen LogP contribution in [-0.2, 0) is 4.79 Å². The minimum Gasteiger partial charge on any atom is -0.491 e. The van der Waals surface area contributed by atoms with Gasteiger partial charge in [-0.2, -0.15) is 0 Å². The van der Waals surface area contributed by atoms with Crippen LogP contribution in [0.1, 0.15) is 13.3 Å². The van der Waals surface area contributed by atoms with Crippen molar-refractivity contribution in [1.82, 2.24) is 14.8 Å². The number of thioether (sulfide) groups is 1. The summed E-state index contributed by atoms with van der Waals surface area (Å²) in [6, 6.07) is 27.3. The Morgan fingerprint density at radius 1 is 0.938 bits per heavy atom. The van der Waals surface area contributed by atoms with Crippen molar-refractivity contribution in [2.75, 3.05) is 17.7 Å². The van der Waals surface area contributed by atoms with Gasteiger partial charge in [0.15, 0.2) is 11.0 Å². The maximum atomic E-state index is 12.7. The van der Waals surface area contributed by atoms with Gasteiger partial charge in [-0.05, 0) is 30.7 Å². The molecule has 0 fully saturated rings. The van der Waals surface area contributed by atoms with E-state index in [0.717, 1.165) is 23.5 Å². The standard InChI is InChI=1S/C25H24N4O2S/c1-2-17-31-22-16-10-9-15-21(22)26-23(30)18-32-25-28-27-24(19-11-5-3-6-12-19)29(25)20-13-7-4-8-14-20/h3-16H,2,17-18H2,1H3,(H,26,30). The largest absolute Gasteiger partial charge is 0.491 e. The van der Waals surface area contributed by atoms with E-state index in [-0.39, 0.29) is 11.7 Å². The van der Waals surface area contributed by atoms with Crippen molar-refractivity contribution in [2.45, 2.75) is 18.5 Å². The Labute approximate surface area is 191 Å². The van der Waals surface area contributed by atoms with Crippen molar-refractivity contribution in [3.63, 3.8) is 0 Å². The van der Waals surface area contributed by atoms with E-state index < -0.39 is 0 Å². The number of hydrogen-bond acceptors (Lipinski definition) is 5. The smallest absolute Gasteiger partial charge is 0.234 e. The average molecular weight is 445 g/mol. The Bertz CT molecular complexity index is 1160. The van der Waals surface area contributed by atoms with E-state index in [1.54, 1.807) is 0 Å². The Morgan fingerprint density at radius 3 is 2.38 bits per heavy atom. The number of hydrogen-bond donors (Lipinski definition) is 1. The molecule has 0 saturated carbocycles. The molecule has 32 heavy (non-hydrogen) atoms. The van der Waals surface area contributed by atoms with Crippen LogP contribution in [0.5, 0.6) is 5.75 Å². The molecule has 4 rings (SSSR count). The lowest BCUT2D eigenvalue weighted by atomic mass is 10.2. The number of aromatic nitrogens is 3. The molecule has 1 heterocycles. The zero-order valence-electron chi connectivity index (χ0n) is 17.8.